The first-order valence-electron chi connectivity index (χ1n) is 17.1. The number of para-hydroxylation sites is 2. The molecule has 0 aliphatic rings. The molecular weight excluding hydrogens is 639 g/mol. The highest BCUT2D eigenvalue weighted by Gasteiger charge is 2.18. The van der Waals surface area contributed by atoms with Crippen LogP contribution in [0, 0.1) is 6.57 Å². The van der Waals surface area contributed by atoms with E-state index >= 15 is 0 Å². The lowest BCUT2D eigenvalue weighted by atomic mass is 9.98. The highest BCUT2D eigenvalue weighted by Crippen LogP contribution is 2.39. The molecule has 0 N–H and O–H groups in total. The van der Waals surface area contributed by atoms with Crippen LogP contribution in [0.3, 0.4) is 0 Å². The van der Waals surface area contributed by atoms with E-state index in [1.165, 1.54) is 10.8 Å². The maximum absolute atomic E-state index is 7.50. The summed E-state index contributed by atoms with van der Waals surface area (Å²) >= 11 is 0. The Morgan fingerprint density at radius 1 is 0.462 bits per heavy atom. The number of rotatable bonds is 5. The Hall–Kier alpha value is -7.36. The SMILES string of the molecule is [C-]#[N+]c1cccc(-c2cccc3oc4cc(-c5nc(-c6ccccc6)nc(-c6cccc(-n7c8ccccc8c8ccccc87)c6)n5)ccc4c23)c1. The van der Waals surface area contributed by atoms with Crippen LogP contribution in [0.25, 0.3) is 99.6 Å². The summed E-state index contributed by atoms with van der Waals surface area (Å²) in [6, 6.07) is 55.3. The van der Waals surface area contributed by atoms with E-state index in [4.69, 9.17) is 25.9 Å². The van der Waals surface area contributed by atoms with Gasteiger partial charge in [-0.25, -0.2) is 19.8 Å². The summed E-state index contributed by atoms with van der Waals surface area (Å²) in [7, 11) is 0. The Labute approximate surface area is 298 Å². The molecule has 0 aliphatic heterocycles. The van der Waals surface area contributed by atoms with Crippen LogP contribution in [-0.4, -0.2) is 19.5 Å². The van der Waals surface area contributed by atoms with Crippen LogP contribution in [-0.2, 0) is 0 Å². The predicted molar refractivity (Wildman–Crippen MR) is 209 cm³/mol. The topological polar surface area (TPSA) is 61.1 Å². The number of benzene rings is 7. The second kappa shape index (κ2) is 11.9. The summed E-state index contributed by atoms with van der Waals surface area (Å²) in [5, 5.41) is 4.41. The van der Waals surface area contributed by atoms with Gasteiger partial charge in [0.25, 0.3) is 0 Å². The Morgan fingerprint density at radius 2 is 1.08 bits per heavy atom. The van der Waals surface area contributed by atoms with E-state index in [1.54, 1.807) is 0 Å². The van der Waals surface area contributed by atoms with E-state index in [9.17, 15) is 0 Å². The minimum atomic E-state index is 0.554. The molecule has 0 saturated heterocycles. The second-order valence-electron chi connectivity index (χ2n) is 12.7. The number of hydrogen-bond acceptors (Lipinski definition) is 4. The first kappa shape index (κ1) is 29.5. The van der Waals surface area contributed by atoms with E-state index in [2.05, 4.69) is 94.3 Å². The van der Waals surface area contributed by atoms with E-state index in [-0.39, 0.29) is 0 Å². The molecule has 0 saturated carbocycles. The van der Waals surface area contributed by atoms with E-state index in [0.29, 0.717) is 23.2 Å². The molecule has 0 aliphatic carbocycles. The van der Waals surface area contributed by atoms with Crippen molar-refractivity contribution in [3.8, 4) is 51.0 Å². The van der Waals surface area contributed by atoms with Crippen LogP contribution in [0.15, 0.2) is 168 Å². The highest BCUT2D eigenvalue weighted by molar-refractivity contribution is 6.13. The summed E-state index contributed by atoms with van der Waals surface area (Å²) < 4.78 is 8.76. The number of furan rings is 1. The maximum atomic E-state index is 7.50. The first-order chi connectivity index (χ1) is 25.7. The summed E-state index contributed by atoms with van der Waals surface area (Å²) in [5.74, 6) is 1.73. The molecule has 6 nitrogen and oxygen atoms in total. The van der Waals surface area contributed by atoms with Crippen molar-refractivity contribution >= 4 is 49.4 Å². The molecule has 10 aromatic rings. The molecule has 3 aromatic heterocycles. The number of nitrogens with zero attached hydrogens (tertiary/aromatic N) is 5. The summed E-state index contributed by atoms with van der Waals surface area (Å²) in [6.45, 7) is 7.50. The predicted octanol–water partition coefficient (Wildman–Crippen LogP) is 12.1. The molecule has 0 bridgehead atoms. The molecular formula is C46H27N5O. The van der Waals surface area contributed by atoms with Crippen molar-refractivity contribution in [1.82, 2.24) is 19.5 Å². The van der Waals surface area contributed by atoms with Gasteiger partial charge in [-0.15, -0.1) is 0 Å². The minimum Gasteiger partial charge on any atom is -0.456 e. The third-order valence-corrected chi connectivity index (χ3v) is 9.65. The van der Waals surface area contributed by atoms with Crippen molar-refractivity contribution in [1.29, 1.82) is 0 Å². The quantitative estimate of drug-likeness (QED) is 0.172. The summed E-state index contributed by atoms with van der Waals surface area (Å²) in [6.07, 6.45) is 0. The molecule has 7 aromatic carbocycles. The number of fused-ring (bicyclic) bond motifs is 6. The second-order valence-corrected chi connectivity index (χ2v) is 12.7. The van der Waals surface area contributed by atoms with Gasteiger partial charge in [-0.2, -0.15) is 0 Å². The van der Waals surface area contributed by atoms with E-state index in [0.717, 1.165) is 66.5 Å². The number of hydrogen-bond donors (Lipinski definition) is 0. The van der Waals surface area contributed by atoms with Gasteiger partial charge in [0.15, 0.2) is 23.2 Å². The first-order valence-corrected chi connectivity index (χ1v) is 17.1. The Bertz CT molecular complexity index is 2990. The summed E-state index contributed by atoms with van der Waals surface area (Å²) in [5.41, 5.74) is 10.0. The van der Waals surface area contributed by atoms with Gasteiger partial charge >= 0.3 is 0 Å². The molecule has 0 amide bonds. The van der Waals surface area contributed by atoms with Crippen LogP contribution >= 0.6 is 0 Å². The van der Waals surface area contributed by atoms with Crippen LogP contribution in [0.2, 0.25) is 0 Å². The molecule has 10 rings (SSSR count). The standard InChI is InChI=1S/C46H27N5O/c1-47-33-16-9-14-30(26-33)35-20-11-23-41-43(35)38-25-24-32(28-42(38)52-41)46-49-44(29-12-3-2-4-13-29)48-45(50-46)31-15-10-17-34(27-31)51-39-21-7-5-18-36(39)37-19-6-8-22-40(37)51/h2-28H. The largest absolute Gasteiger partial charge is 0.456 e. The minimum absolute atomic E-state index is 0.554. The zero-order chi connectivity index (χ0) is 34.6. The lowest BCUT2D eigenvalue weighted by Gasteiger charge is -2.11. The summed E-state index contributed by atoms with van der Waals surface area (Å²) in [4.78, 5) is 18.8. The molecule has 0 unspecified atom stereocenters. The van der Waals surface area contributed by atoms with Crippen molar-refractivity contribution < 1.29 is 4.42 Å². The van der Waals surface area contributed by atoms with Gasteiger partial charge in [-0.1, -0.05) is 115 Å². The van der Waals surface area contributed by atoms with Gasteiger partial charge in [-0.05, 0) is 59.7 Å². The Morgan fingerprint density at radius 3 is 1.83 bits per heavy atom. The van der Waals surface area contributed by atoms with Gasteiger partial charge in [0.05, 0.1) is 17.6 Å². The molecule has 52 heavy (non-hydrogen) atoms. The molecule has 242 valence electrons. The molecule has 0 radical (unpaired) electrons. The lowest BCUT2D eigenvalue weighted by Crippen LogP contribution is -2.01. The fraction of sp³-hybridized carbons (Fsp3) is 0. The molecule has 6 heteroatoms. The zero-order valence-corrected chi connectivity index (χ0v) is 27.7. The van der Waals surface area contributed by atoms with Crippen molar-refractivity contribution in [2.24, 2.45) is 0 Å². The third-order valence-electron chi connectivity index (χ3n) is 9.65. The van der Waals surface area contributed by atoms with E-state index < -0.39 is 0 Å². The fourth-order valence-corrected chi connectivity index (χ4v) is 7.28. The zero-order valence-electron chi connectivity index (χ0n) is 27.7. The molecule has 0 fully saturated rings. The normalized spacial score (nSPS) is 11.4. The fourth-order valence-electron chi connectivity index (χ4n) is 7.28. The van der Waals surface area contributed by atoms with Crippen molar-refractivity contribution in [2.75, 3.05) is 0 Å². The maximum Gasteiger partial charge on any atom is 0.187 e. The van der Waals surface area contributed by atoms with Gasteiger partial charge in [0.1, 0.15) is 11.2 Å². The average Bonchev–Trinajstić information content (AvgIpc) is 3.76. The highest BCUT2D eigenvalue weighted by atomic mass is 16.3. The Kier molecular flexibility index (Phi) is 6.76. The van der Waals surface area contributed by atoms with Crippen LogP contribution in [0.4, 0.5) is 5.69 Å². The monoisotopic (exact) mass is 665 g/mol. The van der Waals surface area contributed by atoms with Crippen LogP contribution in [0.1, 0.15) is 0 Å². The molecule has 0 atom stereocenters. The molecule has 3 heterocycles. The van der Waals surface area contributed by atoms with Gasteiger partial charge < -0.3 is 8.98 Å². The Balaban J connectivity index is 1.13. The van der Waals surface area contributed by atoms with Crippen LogP contribution < -0.4 is 0 Å². The smallest absolute Gasteiger partial charge is 0.187 e. The lowest BCUT2D eigenvalue weighted by molar-refractivity contribution is 0.669. The van der Waals surface area contributed by atoms with Crippen molar-refractivity contribution in [3.05, 3.63) is 175 Å². The number of aromatic nitrogens is 4. The van der Waals surface area contributed by atoms with Gasteiger partial charge in [0, 0.05) is 43.9 Å². The van der Waals surface area contributed by atoms with Crippen LogP contribution in [0.5, 0.6) is 0 Å². The third kappa shape index (κ3) is 4.84. The van der Waals surface area contributed by atoms with Gasteiger partial charge in [0.2, 0.25) is 0 Å². The van der Waals surface area contributed by atoms with Crippen molar-refractivity contribution in [2.45, 2.75) is 0 Å². The average molecular weight is 666 g/mol. The molecule has 0 spiro atoms. The van der Waals surface area contributed by atoms with E-state index in [1.807, 2.05) is 78.9 Å². The van der Waals surface area contributed by atoms with Crippen molar-refractivity contribution in [3.63, 3.8) is 0 Å². The van der Waals surface area contributed by atoms with Gasteiger partial charge in [-0.3, -0.25) is 0 Å².